The molecule has 1 aliphatic carbocycles. The lowest BCUT2D eigenvalue weighted by Crippen LogP contribution is -2.52. The van der Waals surface area contributed by atoms with Crippen LogP contribution in [0, 0.1) is 0 Å². The Morgan fingerprint density at radius 2 is 1.53 bits per heavy atom. The average Bonchev–Trinajstić information content (AvgIpc) is 3.55. The molecule has 0 unspecified atom stereocenters. The van der Waals surface area contributed by atoms with Crippen LogP contribution in [0.25, 0.3) is 6.08 Å². The van der Waals surface area contributed by atoms with E-state index in [0.29, 0.717) is 31.7 Å². The summed E-state index contributed by atoms with van der Waals surface area (Å²) in [6.07, 6.45) is 1.00. The summed E-state index contributed by atoms with van der Waals surface area (Å²) in [4.78, 5) is 29.3. The van der Waals surface area contributed by atoms with Crippen LogP contribution in [-0.4, -0.2) is 54.1 Å². The Kier molecular flexibility index (Phi) is 4.87. The van der Waals surface area contributed by atoms with Crippen molar-refractivity contribution in [2.75, 3.05) is 26.2 Å². The molecule has 6 nitrogen and oxygen atoms in total. The number of hydrogen-bond donors (Lipinski definition) is 0. The third kappa shape index (κ3) is 3.81. The molecule has 5 rings (SSSR count). The molecule has 0 aromatic heterocycles. The first-order valence-electron chi connectivity index (χ1n) is 10.6. The molecule has 0 spiro atoms. The van der Waals surface area contributed by atoms with Gasteiger partial charge in [-0.25, -0.2) is 0 Å². The Balaban J connectivity index is 1.17. The minimum absolute atomic E-state index is 0.0387. The molecule has 2 heterocycles. The molecule has 1 saturated heterocycles. The molecule has 2 aromatic rings. The quantitative estimate of drug-likeness (QED) is 0.684. The molecule has 2 fully saturated rings. The van der Waals surface area contributed by atoms with Gasteiger partial charge in [0, 0.05) is 32.3 Å². The predicted octanol–water partition coefficient (Wildman–Crippen LogP) is 3.42. The van der Waals surface area contributed by atoms with Gasteiger partial charge >= 0.3 is 6.29 Å². The van der Waals surface area contributed by atoms with E-state index < -0.39 is 11.7 Å². The first kappa shape index (κ1) is 20.5. The lowest BCUT2D eigenvalue weighted by atomic mass is 9.94. The van der Waals surface area contributed by atoms with Crippen molar-refractivity contribution < 1.29 is 27.8 Å². The van der Waals surface area contributed by atoms with Gasteiger partial charge in [0.1, 0.15) is 0 Å². The normalized spacial score (nSPS) is 20.4. The number of halogens is 2. The number of rotatable bonds is 4. The maximum Gasteiger partial charge on any atom is 0.586 e. The number of ether oxygens (including phenoxy) is 2. The number of piperazine rings is 1. The van der Waals surface area contributed by atoms with Crippen LogP contribution in [0.15, 0.2) is 54.6 Å². The van der Waals surface area contributed by atoms with Crippen LogP contribution in [0.2, 0.25) is 0 Å². The van der Waals surface area contributed by atoms with Crippen molar-refractivity contribution in [2.24, 2.45) is 0 Å². The molecule has 8 heteroatoms. The summed E-state index contributed by atoms with van der Waals surface area (Å²) in [5.41, 5.74) is 1.21. The zero-order valence-electron chi connectivity index (χ0n) is 17.3. The largest absolute Gasteiger partial charge is 0.586 e. The standard InChI is InChI=1S/C24H22F2N2O4/c25-24(26)31-19-8-6-17(16-20(19)32-24)7-9-21(29)27-12-14-28(15-13-27)22(30)23(10-11-23)18-4-2-1-3-5-18/h1-9,16H,10-15H2/b9-7+. The first-order valence-corrected chi connectivity index (χ1v) is 10.6. The topological polar surface area (TPSA) is 59.1 Å². The van der Waals surface area contributed by atoms with Gasteiger partial charge in [-0.05, 0) is 42.2 Å². The van der Waals surface area contributed by atoms with Gasteiger partial charge in [0.2, 0.25) is 11.8 Å². The van der Waals surface area contributed by atoms with E-state index in [1.807, 2.05) is 35.2 Å². The van der Waals surface area contributed by atoms with Gasteiger partial charge in [0.05, 0.1) is 5.41 Å². The van der Waals surface area contributed by atoms with Crippen LogP contribution in [0.1, 0.15) is 24.0 Å². The van der Waals surface area contributed by atoms with Gasteiger partial charge in [0.25, 0.3) is 0 Å². The second-order valence-electron chi connectivity index (χ2n) is 8.27. The molecular weight excluding hydrogens is 418 g/mol. The van der Waals surface area contributed by atoms with E-state index in [-0.39, 0.29) is 23.3 Å². The van der Waals surface area contributed by atoms with Crippen molar-refractivity contribution >= 4 is 17.9 Å². The van der Waals surface area contributed by atoms with Gasteiger partial charge in [0.15, 0.2) is 11.5 Å². The molecule has 2 aromatic carbocycles. The molecule has 32 heavy (non-hydrogen) atoms. The summed E-state index contributed by atoms with van der Waals surface area (Å²) >= 11 is 0. The highest BCUT2D eigenvalue weighted by Gasteiger charge is 2.53. The lowest BCUT2D eigenvalue weighted by Gasteiger charge is -2.36. The second-order valence-corrected chi connectivity index (χ2v) is 8.27. The van der Waals surface area contributed by atoms with Crippen molar-refractivity contribution in [1.82, 2.24) is 9.80 Å². The summed E-state index contributed by atoms with van der Waals surface area (Å²) in [5.74, 6) is -0.153. The number of alkyl halides is 2. The Hall–Kier alpha value is -3.42. The van der Waals surface area contributed by atoms with Crippen molar-refractivity contribution in [3.05, 3.63) is 65.7 Å². The number of nitrogens with zero attached hydrogens (tertiary/aromatic N) is 2. The summed E-state index contributed by atoms with van der Waals surface area (Å²) in [6, 6.07) is 14.2. The number of carbonyl (C=O) groups is 2. The van der Waals surface area contributed by atoms with Crippen molar-refractivity contribution in [3.8, 4) is 11.5 Å². The van der Waals surface area contributed by atoms with Crippen LogP contribution in [0.5, 0.6) is 11.5 Å². The Morgan fingerprint density at radius 3 is 2.22 bits per heavy atom. The van der Waals surface area contributed by atoms with E-state index in [9.17, 15) is 18.4 Å². The highest BCUT2D eigenvalue weighted by atomic mass is 19.3. The Morgan fingerprint density at radius 1 is 0.875 bits per heavy atom. The summed E-state index contributed by atoms with van der Waals surface area (Å²) in [7, 11) is 0. The fourth-order valence-electron chi connectivity index (χ4n) is 4.28. The molecular formula is C24H22F2N2O4. The SMILES string of the molecule is O=C(/C=C/c1ccc2c(c1)OC(F)(F)O2)N1CCN(C(=O)C2(c3ccccc3)CC2)CC1. The van der Waals surface area contributed by atoms with E-state index in [1.165, 1.54) is 18.2 Å². The zero-order valence-corrected chi connectivity index (χ0v) is 17.3. The molecule has 2 amide bonds. The second kappa shape index (κ2) is 7.62. The number of fused-ring (bicyclic) bond motifs is 1. The third-order valence-electron chi connectivity index (χ3n) is 6.21. The van der Waals surface area contributed by atoms with Crippen LogP contribution in [0.3, 0.4) is 0 Å². The van der Waals surface area contributed by atoms with E-state index in [1.54, 1.807) is 17.0 Å². The zero-order chi connectivity index (χ0) is 22.3. The van der Waals surface area contributed by atoms with E-state index >= 15 is 0 Å². The van der Waals surface area contributed by atoms with Gasteiger partial charge in [-0.15, -0.1) is 8.78 Å². The number of carbonyl (C=O) groups excluding carboxylic acids is 2. The number of amides is 2. The van der Waals surface area contributed by atoms with E-state index in [4.69, 9.17) is 0 Å². The van der Waals surface area contributed by atoms with E-state index in [2.05, 4.69) is 9.47 Å². The predicted molar refractivity (Wildman–Crippen MR) is 112 cm³/mol. The highest BCUT2D eigenvalue weighted by molar-refractivity contribution is 5.93. The molecule has 0 atom stereocenters. The third-order valence-corrected chi connectivity index (χ3v) is 6.21. The average molecular weight is 440 g/mol. The Bertz CT molecular complexity index is 1070. The van der Waals surface area contributed by atoms with Crippen LogP contribution in [0.4, 0.5) is 8.78 Å². The minimum Gasteiger partial charge on any atom is -0.395 e. The fourth-order valence-corrected chi connectivity index (χ4v) is 4.28. The lowest BCUT2D eigenvalue weighted by molar-refractivity contribution is -0.286. The van der Waals surface area contributed by atoms with Crippen LogP contribution in [-0.2, 0) is 15.0 Å². The maximum atomic E-state index is 13.1. The summed E-state index contributed by atoms with van der Waals surface area (Å²) in [6.45, 7) is 1.89. The van der Waals surface area contributed by atoms with E-state index in [0.717, 1.165) is 18.4 Å². The minimum atomic E-state index is -3.67. The monoisotopic (exact) mass is 440 g/mol. The van der Waals surface area contributed by atoms with Gasteiger partial charge in [-0.3, -0.25) is 9.59 Å². The van der Waals surface area contributed by atoms with Crippen LogP contribution >= 0.6 is 0 Å². The van der Waals surface area contributed by atoms with Crippen molar-refractivity contribution in [2.45, 2.75) is 24.6 Å². The van der Waals surface area contributed by atoms with Crippen LogP contribution < -0.4 is 9.47 Å². The Labute approximate surface area is 184 Å². The smallest absolute Gasteiger partial charge is 0.395 e. The molecule has 3 aliphatic rings. The number of benzene rings is 2. The van der Waals surface area contributed by atoms with Gasteiger partial charge < -0.3 is 19.3 Å². The molecule has 0 radical (unpaired) electrons. The van der Waals surface area contributed by atoms with Crippen molar-refractivity contribution in [3.63, 3.8) is 0 Å². The molecule has 166 valence electrons. The highest BCUT2D eigenvalue weighted by Crippen LogP contribution is 2.49. The maximum absolute atomic E-state index is 13.1. The molecule has 0 bridgehead atoms. The molecule has 1 saturated carbocycles. The molecule has 0 N–H and O–H groups in total. The summed E-state index contributed by atoms with van der Waals surface area (Å²) in [5, 5.41) is 0. The first-order chi connectivity index (χ1) is 15.4. The molecule has 2 aliphatic heterocycles. The van der Waals surface area contributed by atoms with Gasteiger partial charge in [-0.1, -0.05) is 36.4 Å². The fraction of sp³-hybridized carbons (Fsp3) is 0.333. The summed E-state index contributed by atoms with van der Waals surface area (Å²) < 4.78 is 35.1. The van der Waals surface area contributed by atoms with Gasteiger partial charge in [-0.2, -0.15) is 0 Å². The van der Waals surface area contributed by atoms with Crippen molar-refractivity contribution in [1.29, 1.82) is 0 Å². The number of hydrogen-bond acceptors (Lipinski definition) is 4.